The third kappa shape index (κ3) is 9.64. The van der Waals surface area contributed by atoms with E-state index in [1.165, 1.54) is 0 Å². The van der Waals surface area contributed by atoms with Crippen LogP contribution in [0.15, 0.2) is 60.7 Å². The maximum atomic E-state index is 12.0. The van der Waals surface area contributed by atoms with Gasteiger partial charge in [0.25, 0.3) is 0 Å². The monoisotopic (exact) mass is 470 g/mol. The summed E-state index contributed by atoms with van der Waals surface area (Å²) in [6.45, 7) is 6.70. The fourth-order valence-corrected chi connectivity index (χ4v) is 2.79. The van der Waals surface area contributed by atoms with Crippen LogP contribution in [-0.2, 0) is 51.6 Å². The fourth-order valence-electron chi connectivity index (χ4n) is 2.79. The van der Waals surface area contributed by atoms with Gasteiger partial charge in [-0.15, -0.1) is 0 Å². The van der Waals surface area contributed by atoms with E-state index >= 15 is 0 Å². The fraction of sp³-hybridized carbons (Fsp3) is 0.385. The Morgan fingerprint density at radius 2 is 0.912 bits per heavy atom. The van der Waals surface area contributed by atoms with Crippen LogP contribution in [0, 0.1) is 0 Å². The maximum Gasteiger partial charge on any atom is 0.408 e. The molecule has 182 valence electrons. The van der Waals surface area contributed by atoms with Crippen LogP contribution in [0.5, 0.6) is 0 Å². The van der Waals surface area contributed by atoms with E-state index in [0.29, 0.717) is 24.0 Å². The highest BCUT2D eigenvalue weighted by Gasteiger charge is 2.31. The smallest absolute Gasteiger partial charge is 0.289 e. The lowest BCUT2D eigenvalue weighted by atomic mass is 9.94. The summed E-state index contributed by atoms with van der Waals surface area (Å²) in [7, 11) is 0. The van der Waals surface area contributed by atoms with Crippen LogP contribution < -0.4 is 0 Å². The molecule has 0 bridgehead atoms. The average molecular weight is 471 g/mol. The summed E-state index contributed by atoms with van der Waals surface area (Å²) in [5, 5.41) is 0. The number of ketones is 2. The van der Waals surface area contributed by atoms with E-state index in [1.807, 2.05) is 12.1 Å². The van der Waals surface area contributed by atoms with Gasteiger partial charge in [0.15, 0.2) is 0 Å². The number of Topliss-reactive ketones (excluding diaryl/α,β-unsaturated/α-hetero) is 2. The first kappa shape index (κ1) is 26.9. The number of rotatable bonds is 13. The van der Waals surface area contributed by atoms with Crippen molar-refractivity contribution in [1.29, 1.82) is 0 Å². The number of carbonyl (C=O) groups is 4. The number of hydrogen-bond acceptors (Lipinski definition) is 8. The predicted octanol–water partition coefficient (Wildman–Crippen LogP) is 3.90. The average Bonchev–Trinajstić information content (AvgIpc) is 2.81. The van der Waals surface area contributed by atoms with E-state index in [0.717, 1.165) is 0 Å². The summed E-state index contributed by atoms with van der Waals surface area (Å²) in [5.41, 5.74) is -0.508. The molecule has 0 unspecified atom stereocenters. The van der Waals surface area contributed by atoms with Gasteiger partial charge in [0.1, 0.15) is 11.2 Å². The SMILES string of the molecule is CC(C)(CCC(C)(C)OOC(=O)C(=O)Cc1ccccc1)OOC(=O)C(=O)Cc1ccccc1. The van der Waals surface area contributed by atoms with Crippen LogP contribution in [0.4, 0.5) is 0 Å². The third-order valence-corrected chi connectivity index (χ3v) is 4.89. The quantitative estimate of drug-likeness (QED) is 0.247. The molecular formula is C26H30O8. The number of hydrogen-bond donors (Lipinski definition) is 0. The van der Waals surface area contributed by atoms with E-state index in [9.17, 15) is 19.2 Å². The minimum Gasteiger partial charge on any atom is -0.289 e. The van der Waals surface area contributed by atoms with Crippen molar-refractivity contribution >= 4 is 23.5 Å². The summed E-state index contributed by atoms with van der Waals surface area (Å²) in [4.78, 5) is 67.8. The first-order valence-electron chi connectivity index (χ1n) is 10.9. The van der Waals surface area contributed by atoms with E-state index in [1.54, 1.807) is 76.2 Å². The Labute approximate surface area is 199 Å². The van der Waals surface area contributed by atoms with Crippen LogP contribution in [0.25, 0.3) is 0 Å². The molecule has 34 heavy (non-hydrogen) atoms. The van der Waals surface area contributed by atoms with Crippen molar-refractivity contribution in [1.82, 2.24) is 0 Å². The maximum absolute atomic E-state index is 12.0. The molecule has 0 fully saturated rings. The highest BCUT2D eigenvalue weighted by atomic mass is 17.2. The highest BCUT2D eigenvalue weighted by Crippen LogP contribution is 2.25. The first-order valence-corrected chi connectivity index (χ1v) is 10.9. The Bertz CT molecular complexity index is 899. The molecule has 0 atom stereocenters. The largest absolute Gasteiger partial charge is 0.408 e. The summed E-state index contributed by atoms with van der Waals surface area (Å²) >= 11 is 0. The molecule has 0 aromatic heterocycles. The van der Waals surface area contributed by atoms with Gasteiger partial charge in [-0.3, -0.25) is 19.4 Å². The molecule has 0 radical (unpaired) electrons. The van der Waals surface area contributed by atoms with Gasteiger partial charge in [0.05, 0.1) is 0 Å². The summed E-state index contributed by atoms with van der Waals surface area (Å²) < 4.78 is 0. The van der Waals surface area contributed by atoms with Crippen molar-refractivity contribution in [2.24, 2.45) is 0 Å². The number of carbonyl (C=O) groups excluding carboxylic acids is 4. The summed E-state index contributed by atoms with van der Waals surface area (Å²) in [6, 6.07) is 17.7. The van der Waals surface area contributed by atoms with Gasteiger partial charge in [-0.2, -0.15) is 9.78 Å². The summed E-state index contributed by atoms with van der Waals surface area (Å²) in [6.07, 6.45) is 0.489. The van der Waals surface area contributed by atoms with E-state index < -0.39 is 34.7 Å². The molecule has 2 rings (SSSR count). The lowest BCUT2D eigenvalue weighted by molar-refractivity contribution is -0.337. The Morgan fingerprint density at radius 1 is 0.588 bits per heavy atom. The van der Waals surface area contributed by atoms with Gasteiger partial charge in [-0.25, -0.2) is 9.59 Å². The predicted molar refractivity (Wildman–Crippen MR) is 122 cm³/mol. The van der Waals surface area contributed by atoms with E-state index in [4.69, 9.17) is 19.6 Å². The molecular weight excluding hydrogens is 440 g/mol. The second-order valence-electron chi connectivity index (χ2n) is 9.10. The first-order chi connectivity index (χ1) is 16.0. The highest BCUT2D eigenvalue weighted by molar-refractivity contribution is 6.34. The summed E-state index contributed by atoms with van der Waals surface area (Å²) in [5.74, 6) is -3.62. The van der Waals surface area contributed by atoms with Crippen molar-refractivity contribution < 1.29 is 38.7 Å². The van der Waals surface area contributed by atoms with Crippen molar-refractivity contribution in [3.05, 3.63) is 71.8 Å². The van der Waals surface area contributed by atoms with Crippen molar-refractivity contribution in [3.63, 3.8) is 0 Å². The molecule has 0 saturated heterocycles. The molecule has 0 N–H and O–H groups in total. The Balaban J connectivity index is 1.74. The van der Waals surface area contributed by atoms with Crippen molar-refractivity contribution in [2.45, 2.75) is 64.6 Å². The normalized spacial score (nSPS) is 11.5. The van der Waals surface area contributed by atoms with Crippen LogP contribution in [0.2, 0.25) is 0 Å². The topological polar surface area (TPSA) is 105 Å². The molecule has 0 aliphatic heterocycles. The standard InChI is InChI=1S/C26H30O8/c1-25(2,33-31-23(29)21(27)17-19-11-7-5-8-12-19)15-16-26(3,4)34-32-24(30)22(28)18-20-13-9-6-10-14-20/h5-14H,15-18H2,1-4H3. The van der Waals surface area contributed by atoms with E-state index in [-0.39, 0.29) is 12.8 Å². The molecule has 0 amide bonds. The van der Waals surface area contributed by atoms with Gasteiger partial charge in [0, 0.05) is 12.8 Å². The molecule has 0 aliphatic carbocycles. The van der Waals surface area contributed by atoms with Gasteiger partial charge < -0.3 is 0 Å². The molecule has 2 aromatic carbocycles. The van der Waals surface area contributed by atoms with Crippen molar-refractivity contribution in [3.8, 4) is 0 Å². The van der Waals surface area contributed by atoms with Gasteiger partial charge in [-0.05, 0) is 51.7 Å². The Morgan fingerprint density at radius 3 is 1.24 bits per heavy atom. The second kappa shape index (κ2) is 12.2. The lowest BCUT2D eigenvalue weighted by Gasteiger charge is -2.28. The molecule has 0 spiro atoms. The van der Waals surface area contributed by atoms with E-state index in [2.05, 4.69) is 0 Å². The molecule has 0 saturated carbocycles. The molecule has 2 aromatic rings. The zero-order chi connectivity index (χ0) is 25.2. The minimum atomic E-state index is -1.08. The van der Waals surface area contributed by atoms with Crippen LogP contribution in [-0.4, -0.2) is 34.7 Å². The zero-order valence-electron chi connectivity index (χ0n) is 19.9. The molecule has 0 heterocycles. The zero-order valence-corrected chi connectivity index (χ0v) is 19.9. The van der Waals surface area contributed by atoms with Crippen LogP contribution in [0.1, 0.15) is 51.7 Å². The van der Waals surface area contributed by atoms with Crippen LogP contribution >= 0.6 is 0 Å². The Hall–Kier alpha value is -3.36. The Kier molecular flexibility index (Phi) is 9.65. The molecule has 8 nitrogen and oxygen atoms in total. The van der Waals surface area contributed by atoms with Crippen molar-refractivity contribution in [2.75, 3.05) is 0 Å². The van der Waals surface area contributed by atoms with Gasteiger partial charge >= 0.3 is 11.9 Å². The second-order valence-corrected chi connectivity index (χ2v) is 9.10. The number of benzene rings is 2. The van der Waals surface area contributed by atoms with Gasteiger partial charge in [-0.1, -0.05) is 60.7 Å². The minimum absolute atomic E-state index is 0.0846. The third-order valence-electron chi connectivity index (χ3n) is 4.89. The lowest BCUT2D eigenvalue weighted by Crippen LogP contribution is -2.34. The molecule has 0 aliphatic rings. The van der Waals surface area contributed by atoms with Gasteiger partial charge in [0.2, 0.25) is 11.6 Å². The van der Waals surface area contributed by atoms with Crippen LogP contribution in [0.3, 0.4) is 0 Å². The molecule has 8 heteroatoms.